The van der Waals surface area contributed by atoms with E-state index in [9.17, 15) is 0 Å². The van der Waals surface area contributed by atoms with Crippen LogP contribution in [0.2, 0.25) is 0 Å². The number of hydrogen-bond acceptors (Lipinski definition) is 6. The molecule has 0 atom stereocenters. The third-order valence-electron chi connectivity index (χ3n) is 3.21. The summed E-state index contributed by atoms with van der Waals surface area (Å²) >= 11 is 0. The highest BCUT2D eigenvalue weighted by Gasteiger charge is 2.12. The molecule has 0 radical (unpaired) electrons. The molecular formula is C14H20N6. The van der Waals surface area contributed by atoms with Gasteiger partial charge in [-0.05, 0) is 18.9 Å². The van der Waals surface area contributed by atoms with Gasteiger partial charge in [0.2, 0.25) is 0 Å². The summed E-state index contributed by atoms with van der Waals surface area (Å²) in [5, 5.41) is 3.32. The maximum atomic E-state index is 5.88. The molecule has 1 saturated heterocycles. The van der Waals surface area contributed by atoms with Gasteiger partial charge in [0.15, 0.2) is 0 Å². The average Bonchev–Trinajstić information content (AvgIpc) is 2.50. The highest BCUT2D eigenvalue weighted by Crippen LogP contribution is 2.20. The first-order valence-electron chi connectivity index (χ1n) is 6.52. The van der Waals surface area contributed by atoms with Gasteiger partial charge in [0.25, 0.3) is 0 Å². The van der Waals surface area contributed by atoms with Crippen LogP contribution in [0.3, 0.4) is 0 Å². The number of nitrogens with zero attached hydrogens (tertiary/aromatic N) is 3. The van der Waals surface area contributed by atoms with Crippen LogP contribution in [0.25, 0.3) is 5.57 Å². The van der Waals surface area contributed by atoms with Crippen molar-refractivity contribution in [3.8, 4) is 0 Å². The zero-order chi connectivity index (χ0) is 14.4. The Morgan fingerprint density at radius 3 is 2.70 bits per heavy atom. The number of nitrogens with one attached hydrogen (secondary N) is 1. The molecule has 0 spiro atoms. The van der Waals surface area contributed by atoms with Crippen LogP contribution in [0.1, 0.15) is 5.56 Å². The van der Waals surface area contributed by atoms with E-state index in [0.29, 0.717) is 11.3 Å². The molecule has 1 aromatic heterocycles. The highest BCUT2D eigenvalue weighted by molar-refractivity contribution is 5.77. The minimum atomic E-state index is 0.472. The molecule has 0 unspecified atom stereocenters. The van der Waals surface area contributed by atoms with Crippen LogP contribution < -0.4 is 21.7 Å². The molecule has 6 nitrogen and oxygen atoms in total. The zero-order valence-electron chi connectivity index (χ0n) is 11.4. The van der Waals surface area contributed by atoms with Crippen molar-refractivity contribution < 1.29 is 0 Å². The van der Waals surface area contributed by atoms with Crippen LogP contribution in [-0.4, -0.2) is 37.9 Å². The summed E-state index contributed by atoms with van der Waals surface area (Å²) in [6.45, 7) is 7.29. The molecule has 0 saturated carbocycles. The van der Waals surface area contributed by atoms with E-state index in [-0.39, 0.29) is 0 Å². The van der Waals surface area contributed by atoms with Gasteiger partial charge in [-0.3, -0.25) is 4.99 Å². The summed E-state index contributed by atoms with van der Waals surface area (Å²) in [5.41, 5.74) is 13.6. The van der Waals surface area contributed by atoms with E-state index in [2.05, 4.69) is 26.9 Å². The SMILES string of the molecule is C=N/C=C(N)/C(=C\N)c1ccc(N2CCNCC2)nc1. The Balaban J connectivity index is 2.18. The lowest BCUT2D eigenvalue weighted by molar-refractivity contribution is 0.585. The Labute approximate surface area is 118 Å². The fourth-order valence-electron chi connectivity index (χ4n) is 2.15. The lowest BCUT2D eigenvalue weighted by Gasteiger charge is -2.28. The van der Waals surface area contributed by atoms with Crippen molar-refractivity contribution in [2.24, 2.45) is 16.5 Å². The number of aromatic nitrogens is 1. The molecule has 106 valence electrons. The molecule has 5 N–H and O–H groups in total. The quantitative estimate of drug-likeness (QED) is 0.541. The van der Waals surface area contributed by atoms with Gasteiger partial charge >= 0.3 is 0 Å². The van der Waals surface area contributed by atoms with E-state index in [1.807, 2.05) is 12.1 Å². The molecule has 1 aliphatic heterocycles. The summed E-state index contributed by atoms with van der Waals surface area (Å²) in [6.07, 6.45) is 4.71. The fourth-order valence-corrected chi connectivity index (χ4v) is 2.15. The van der Waals surface area contributed by atoms with Gasteiger partial charge in [0.1, 0.15) is 5.82 Å². The summed E-state index contributed by atoms with van der Waals surface area (Å²) < 4.78 is 0. The van der Waals surface area contributed by atoms with Crippen LogP contribution in [-0.2, 0) is 0 Å². The molecule has 2 heterocycles. The largest absolute Gasteiger partial charge is 0.404 e. The van der Waals surface area contributed by atoms with Crippen LogP contribution in [0.5, 0.6) is 0 Å². The second-order valence-electron chi connectivity index (χ2n) is 4.49. The second-order valence-corrected chi connectivity index (χ2v) is 4.49. The third-order valence-corrected chi connectivity index (χ3v) is 3.21. The van der Waals surface area contributed by atoms with E-state index in [1.165, 1.54) is 12.4 Å². The number of pyridine rings is 1. The van der Waals surface area contributed by atoms with Gasteiger partial charge in [0.05, 0.1) is 5.70 Å². The van der Waals surface area contributed by atoms with Gasteiger partial charge < -0.3 is 21.7 Å². The first-order chi connectivity index (χ1) is 9.76. The number of piperazine rings is 1. The highest BCUT2D eigenvalue weighted by atomic mass is 15.2. The molecule has 20 heavy (non-hydrogen) atoms. The molecule has 0 bridgehead atoms. The Morgan fingerprint density at radius 2 is 2.15 bits per heavy atom. The monoisotopic (exact) mass is 272 g/mol. The summed E-state index contributed by atoms with van der Waals surface area (Å²) in [6, 6.07) is 3.95. The van der Waals surface area contributed by atoms with E-state index >= 15 is 0 Å². The maximum Gasteiger partial charge on any atom is 0.128 e. The summed E-state index contributed by atoms with van der Waals surface area (Å²) in [7, 11) is 0. The Hall–Kier alpha value is -2.34. The van der Waals surface area contributed by atoms with Crippen molar-refractivity contribution in [2.75, 3.05) is 31.1 Å². The van der Waals surface area contributed by atoms with E-state index in [1.54, 1.807) is 6.20 Å². The Kier molecular flexibility index (Phi) is 4.73. The van der Waals surface area contributed by atoms with Crippen LogP contribution in [0.15, 0.2) is 41.4 Å². The number of aliphatic imine (C=N–C) groups is 1. The number of rotatable bonds is 4. The molecule has 0 aliphatic carbocycles. The normalized spacial score (nSPS) is 17.1. The van der Waals surface area contributed by atoms with Crippen LogP contribution in [0, 0.1) is 0 Å². The van der Waals surface area contributed by atoms with Gasteiger partial charge in [-0.25, -0.2) is 4.98 Å². The molecule has 1 aromatic rings. The summed E-state index contributed by atoms with van der Waals surface area (Å²) in [5.74, 6) is 0.969. The van der Waals surface area contributed by atoms with Crippen LogP contribution >= 0.6 is 0 Å². The van der Waals surface area contributed by atoms with Crippen molar-refractivity contribution in [3.05, 3.63) is 42.0 Å². The van der Waals surface area contributed by atoms with E-state index < -0.39 is 0 Å². The lowest BCUT2D eigenvalue weighted by atomic mass is 10.1. The predicted octanol–water partition coefficient (Wildman–Crippen LogP) is 0.292. The smallest absolute Gasteiger partial charge is 0.128 e. The first kappa shape index (κ1) is 14.1. The minimum absolute atomic E-state index is 0.472. The molecule has 6 heteroatoms. The first-order valence-corrected chi connectivity index (χ1v) is 6.52. The summed E-state index contributed by atoms with van der Waals surface area (Å²) in [4.78, 5) is 10.4. The number of nitrogens with two attached hydrogens (primary N) is 2. The van der Waals surface area contributed by atoms with Crippen molar-refractivity contribution in [1.82, 2.24) is 10.3 Å². The molecule has 1 fully saturated rings. The van der Waals surface area contributed by atoms with E-state index in [0.717, 1.165) is 37.6 Å². The Bertz CT molecular complexity index is 511. The number of allylic oxidation sites excluding steroid dienone is 1. The van der Waals surface area contributed by atoms with Crippen molar-refractivity contribution in [2.45, 2.75) is 0 Å². The second kappa shape index (κ2) is 6.72. The van der Waals surface area contributed by atoms with Crippen LogP contribution in [0.4, 0.5) is 5.82 Å². The molecule has 2 rings (SSSR count). The average molecular weight is 272 g/mol. The van der Waals surface area contributed by atoms with Gasteiger partial charge in [-0.15, -0.1) is 0 Å². The lowest BCUT2D eigenvalue weighted by Crippen LogP contribution is -2.43. The Morgan fingerprint density at radius 1 is 1.40 bits per heavy atom. The number of hydrogen-bond donors (Lipinski definition) is 3. The standard InChI is InChI=1S/C14H20N6/c1-17-10-13(16)12(8-15)11-2-3-14(19-9-11)20-6-4-18-5-7-20/h2-3,8-10,18H,1,4-7,15-16H2/b12-8-,13-10-. The van der Waals surface area contributed by atoms with Gasteiger partial charge in [-0.1, -0.05) is 0 Å². The van der Waals surface area contributed by atoms with Crippen molar-refractivity contribution in [1.29, 1.82) is 0 Å². The molecule has 0 amide bonds. The predicted molar refractivity (Wildman–Crippen MR) is 83.3 cm³/mol. The maximum absolute atomic E-state index is 5.88. The fraction of sp³-hybridized carbons (Fsp3) is 0.286. The zero-order valence-corrected chi connectivity index (χ0v) is 11.4. The van der Waals surface area contributed by atoms with Crippen molar-refractivity contribution >= 4 is 18.1 Å². The molecule has 0 aromatic carbocycles. The molecular weight excluding hydrogens is 252 g/mol. The number of anilines is 1. The molecule has 1 aliphatic rings. The van der Waals surface area contributed by atoms with Crippen molar-refractivity contribution in [3.63, 3.8) is 0 Å². The third kappa shape index (κ3) is 3.16. The van der Waals surface area contributed by atoms with Gasteiger partial charge in [-0.2, -0.15) is 0 Å². The van der Waals surface area contributed by atoms with E-state index in [4.69, 9.17) is 11.5 Å². The topological polar surface area (TPSA) is 92.6 Å². The minimum Gasteiger partial charge on any atom is -0.404 e. The van der Waals surface area contributed by atoms with Gasteiger partial charge in [0, 0.05) is 55.9 Å².